The van der Waals surface area contributed by atoms with Gasteiger partial charge < -0.3 is 14.8 Å². The molecular formula is C18H19F3N2O3. The van der Waals surface area contributed by atoms with E-state index in [-0.39, 0.29) is 34.1 Å². The van der Waals surface area contributed by atoms with Crippen molar-refractivity contribution in [3.05, 3.63) is 40.3 Å². The lowest BCUT2D eigenvalue weighted by Gasteiger charge is -2.19. The lowest BCUT2D eigenvalue weighted by Crippen LogP contribution is -2.15. The number of nitrogens with zero attached hydrogens (tertiary/aromatic N) is 1. The van der Waals surface area contributed by atoms with Crippen molar-refractivity contribution in [2.24, 2.45) is 0 Å². The Kier molecular flexibility index (Phi) is 4.79. The van der Waals surface area contributed by atoms with E-state index in [1.165, 1.54) is 19.1 Å². The zero-order valence-electron chi connectivity index (χ0n) is 14.4. The third-order valence-electron chi connectivity index (χ3n) is 4.75. The Balaban J connectivity index is 2.19. The maximum absolute atomic E-state index is 13.6. The molecule has 0 spiro atoms. The van der Waals surface area contributed by atoms with E-state index < -0.39 is 17.8 Å². The summed E-state index contributed by atoms with van der Waals surface area (Å²) in [5.41, 5.74) is -0.179. The summed E-state index contributed by atoms with van der Waals surface area (Å²) in [6.07, 6.45) is -3.43. The number of aromatic carboxylic acids is 1. The lowest BCUT2D eigenvalue weighted by molar-refractivity contribution is -0.140. The first-order chi connectivity index (χ1) is 12.2. The van der Waals surface area contributed by atoms with Gasteiger partial charge in [-0.05, 0) is 43.9 Å². The Bertz CT molecular complexity index is 837. The van der Waals surface area contributed by atoms with E-state index in [1.807, 2.05) is 0 Å². The second-order valence-electron chi connectivity index (χ2n) is 6.47. The van der Waals surface area contributed by atoms with Crippen LogP contribution in [0.1, 0.15) is 51.8 Å². The zero-order valence-corrected chi connectivity index (χ0v) is 14.4. The van der Waals surface area contributed by atoms with Crippen molar-refractivity contribution in [3.63, 3.8) is 0 Å². The molecule has 26 heavy (non-hydrogen) atoms. The van der Waals surface area contributed by atoms with Crippen LogP contribution in [0.25, 0.3) is 11.3 Å². The third-order valence-corrected chi connectivity index (χ3v) is 4.75. The van der Waals surface area contributed by atoms with Gasteiger partial charge in [-0.15, -0.1) is 0 Å². The fourth-order valence-corrected chi connectivity index (χ4v) is 3.39. The molecule has 0 bridgehead atoms. The summed E-state index contributed by atoms with van der Waals surface area (Å²) in [7, 11) is 0. The van der Waals surface area contributed by atoms with E-state index in [2.05, 4.69) is 9.97 Å². The van der Waals surface area contributed by atoms with E-state index in [0.29, 0.717) is 31.6 Å². The Labute approximate surface area is 148 Å². The first kappa shape index (κ1) is 18.4. The molecule has 3 rings (SSSR count). The first-order valence-corrected chi connectivity index (χ1v) is 8.29. The Morgan fingerprint density at radius 3 is 2.50 bits per heavy atom. The van der Waals surface area contributed by atoms with Gasteiger partial charge in [0.1, 0.15) is 17.2 Å². The van der Waals surface area contributed by atoms with E-state index in [1.54, 1.807) is 6.92 Å². The number of hydrogen-bond acceptors (Lipinski definition) is 3. The Morgan fingerprint density at radius 2 is 1.92 bits per heavy atom. The van der Waals surface area contributed by atoms with Crippen molar-refractivity contribution < 1.29 is 27.8 Å². The summed E-state index contributed by atoms with van der Waals surface area (Å²) in [4.78, 5) is 18.1. The highest BCUT2D eigenvalue weighted by Gasteiger charge is 2.39. The minimum Gasteiger partial charge on any atom is -0.478 e. The smallest absolute Gasteiger partial charge is 0.433 e. The molecule has 1 aliphatic heterocycles. The van der Waals surface area contributed by atoms with Gasteiger partial charge in [0.15, 0.2) is 0 Å². The molecule has 1 aliphatic rings. The normalized spacial score (nSPS) is 16.0. The van der Waals surface area contributed by atoms with Crippen LogP contribution in [-0.4, -0.2) is 34.3 Å². The van der Waals surface area contributed by atoms with Crippen LogP contribution in [0.15, 0.2) is 12.1 Å². The number of imidazole rings is 1. The predicted molar refractivity (Wildman–Crippen MR) is 88.3 cm³/mol. The summed E-state index contributed by atoms with van der Waals surface area (Å²) in [6.45, 7) is 4.12. The number of hydrogen-bond donors (Lipinski definition) is 2. The molecule has 140 valence electrons. The average Bonchev–Trinajstić information content (AvgIpc) is 3.00. The third kappa shape index (κ3) is 3.33. The fraction of sp³-hybridized carbons (Fsp3) is 0.444. The molecule has 8 heteroatoms. The molecule has 0 radical (unpaired) electrons. The van der Waals surface area contributed by atoms with Crippen molar-refractivity contribution in [1.29, 1.82) is 0 Å². The van der Waals surface area contributed by atoms with Crippen molar-refractivity contribution in [2.75, 3.05) is 13.2 Å². The van der Waals surface area contributed by atoms with Crippen molar-refractivity contribution in [1.82, 2.24) is 9.97 Å². The van der Waals surface area contributed by atoms with Gasteiger partial charge in [0.25, 0.3) is 0 Å². The summed E-state index contributed by atoms with van der Waals surface area (Å²) in [5.74, 6) is -1.05. The van der Waals surface area contributed by atoms with Crippen LogP contribution in [0.2, 0.25) is 0 Å². The van der Waals surface area contributed by atoms with Crippen LogP contribution >= 0.6 is 0 Å². The molecule has 0 unspecified atom stereocenters. The number of nitrogens with one attached hydrogen (secondary N) is 1. The van der Waals surface area contributed by atoms with Crippen molar-refractivity contribution in [2.45, 2.75) is 38.8 Å². The van der Waals surface area contributed by atoms with Gasteiger partial charge in [-0.1, -0.05) is 6.07 Å². The van der Waals surface area contributed by atoms with Gasteiger partial charge in [0.05, 0.1) is 5.56 Å². The molecule has 2 N–H and O–H groups in total. The fourth-order valence-electron chi connectivity index (χ4n) is 3.39. The monoisotopic (exact) mass is 368 g/mol. The first-order valence-electron chi connectivity index (χ1n) is 8.29. The minimum absolute atomic E-state index is 0.0330. The highest BCUT2D eigenvalue weighted by Crippen LogP contribution is 2.40. The van der Waals surface area contributed by atoms with Gasteiger partial charge in [0.2, 0.25) is 0 Å². The molecule has 2 heterocycles. The van der Waals surface area contributed by atoms with Crippen LogP contribution in [-0.2, 0) is 10.9 Å². The van der Waals surface area contributed by atoms with Crippen LogP contribution in [0, 0.1) is 13.8 Å². The van der Waals surface area contributed by atoms with Gasteiger partial charge in [-0.2, -0.15) is 13.2 Å². The maximum atomic E-state index is 13.6. The molecule has 1 fully saturated rings. The van der Waals surface area contributed by atoms with Gasteiger partial charge in [0, 0.05) is 24.7 Å². The molecular weight excluding hydrogens is 349 g/mol. The van der Waals surface area contributed by atoms with Crippen LogP contribution in [0.5, 0.6) is 0 Å². The number of aromatic nitrogens is 2. The molecule has 5 nitrogen and oxygen atoms in total. The van der Waals surface area contributed by atoms with Crippen LogP contribution < -0.4 is 0 Å². The second kappa shape index (κ2) is 6.75. The number of aryl methyl sites for hydroxylation is 1. The number of ether oxygens (including phenoxy) is 1. The molecule has 1 aromatic carbocycles. The van der Waals surface area contributed by atoms with Crippen molar-refractivity contribution >= 4 is 5.97 Å². The molecule has 2 aromatic rings. The quantitative estimate of drug-likeness (QED) is 0.847. The minimum atomic E-state index is -4.62. The van der Waals surface area contributed by atoms with Gasteiger partial charge in [-0.25, -0.2) is 9.78 Å². The Hall–Kier alpha value is -2.35. The average molecular weight is 368 g/mol. The van der Waals surface area contributed by atoms with Crippen LogP contribution in [0.4, 0.5) is 13.2 Å². The summed E-state index contributed by atoms with van der Waals surface area (Å²) in [5, 5.41) is 9.30. The molecule has 0 saturated carbocycles. The molecule has 0 amide bonds. The molecule has 0 aliphatic carbocycles. The number of alkyl halides is 3. The number of carboxylic acids is 1. The van der Waals surface area contributed by atoms with Gasteiger partial charge >= 0.3 is 12.1 Å². The predicted octanol–water partition coefficient (Wildman–Crippen LogP) is 4.30. The Morgan fingerprint density at radius 1 is 1.27 bits per heavy atom. The summed E-state index contributed by atoms with van der Waals surface area (Å²) >= 11 is 0. The zero-order chi connectivity index (χ0) is 19.1. The topological polar surface area (TPSA) is 75.2 Å². The molecule has 1 aromatic heterocycles. The number of aromatic amines is 1. The number of carbonyl (C=O) groups is 1. The number of benzene rings is 1. The van der Waals surface area contributed by atoms with Gasteiger partial charge in [-0.3, -0.25) is 0 Å². The van der Waals surface area contributed by atoms with Crippen LogP contribution in [0.3, 0.4) is 0 Å². The highest BCUT2D eigenvalue weighted by molar-refractivity contribution is 5.92. The maximum Gasteiger partial charge on any atom is 0.433 e. The highest BCUT2D eigenvalue weighted by atomic mass is 19.4. The summed E-state index contributed by atoms with van der Waals surface area (Å²) < 4.78 is 46.1. The SMILES string of the molecule is Cc1ccc(C(=O)O)c(C)c1-c1nc(C2CCOCC2)[nH]c1C(F)(F)F. The second-order valence-corrected chi connectivity index (χ2v) is 6.47. The standard InChI is InChI=1S/C18H19F3N2O3/c1-9-3-4-12(17(24)25)10(2)13(9)14-15(18(19,20)21)23-16(22-14)11-5-7-26-8-6-11/h3-4,11H,5-8H2,1-2H3,(H,22,23)(H,24,25). The lowest BCUT2D eigenvalue weighted by atomic mass is 9.94. The van der Waals surface area contributed by atoms with E-state index in [9.17, 15) is 23.1 Å². The number of H-pyrrole nitrogens is 1. The summed E-state index contributed by atoms with van der Waals surface area (Å²) in [6, 6.07) is 2.91. The number of rotatable bonds is 3. The van der Waals surface area contributed by atoms with E-state index in [0.717, 1.165) is 0 Å². The number of carboxylic acid groups (broad SMARTS) is 1. The van der Waals surface area contributed by atoms with E-state index in [4.69, 9.17) is 4.74 Å². The number of halogens is 3. The molecule has 0 atom stereocenters. The molecule has 1 saturated heterocycles. The van der Waals surface area contributed by atoms with Crippen molar-refractivity contribution in [3.8, 4) is 11.3 Å². The largest absolute Gasteiger partial charge is 0.478 e. The van der Waals surface area contributed by atoms with E-state index >= 15 is 0 Å².